The molecule has 3 unspecified atom stereocenters. The molecule has 0 bridgehead atoms. The van der Waals surface area contributed by atoms with Crippen molar-refractivity contribution in [3.05, 3.63) is 11.1 Å². The quantitative estimate of drug-likeness (QED) is 0.367. The molecule has 4 nitrogen and oxygen atoms in total. The van der Waals surface area contributed by atoms with Crippen LogP contribution in [0.4, 0.5) is 0 Å². The molecule has 16 heavy (non-hydrogen) atoms. The van der Waals surface area contributed by atoms with Crippen molar-refractivity contribution in [2.24, 2.45) is 5.92 Å². The number of carbonyl (C=O) groups is 1. The van der Waals surface area contributed by atoms with Gasteiger partial charge in [0.15, 0.2) is 6.29 Å². The summed E-state index contributed by atoms with van der Waals surface area (Å²) >= 11 is 2.21. The van der Waals surface area contributed by atoms with Gasteiger partial charge < -0.3 is 14.6 Å². The second kappa shape index (κ2) is 5.97. The first-order valence-electron chi connectivity index (χ1n) is 5.20. The lowest BCUT2D eigenvalue weighted by atomic mass is 9.83. The van der Waals surface area contributed by atoms with Gasteiger partial charge in [0.25, 0.3) is 0 Å². The molecule has 0 aromatic heterocycles. The number of alkyl halides is 1. The highest BCUT2D eigenvalue weighted by Gasteiger charge is 2.34. The molecule has 0 spiro atoms. The minimum Gasteiger partial charge on any atom is -0.466 e. The topological polar surface area (TPSA) is 55.8 Å². The van der Waals surface area contributed by atoms with Crippen molar-refractivity contribution >= 4 is 28.6 Å². The first-order chi connectivity index (χ1) is 7.52. The Morgan fingerprint density at radius 1 is 1.50 bits per heavy atom. The Bertz CT molecular complexity index is 300. The zero-order chi connectivity index (χ0) is 12.3. The van der Waals surface area contributed by atoms with Gasteiger partial charge in [-0.25, -0.2) is 4.79 Å². The summed E-state index contributed by atoms with van der Waals surface area (Å²) in [6.45, 7) is 1.99. The van der Waals surface area contributed by atoms with Gasteiger partial charge in [-0.1, -0.05) is 29.5 Å². The Morgan fingerprint density at radius 3 is 2.62 bits per heavy atom. The van der Waals surface area contributed by atoms with Crippen molar-refractivity contribution in [3.63, 3.8) is 0 Å². The number of carbonyl (C=O) groups excluding carboxylic acids is 1. The maximum Gasteiger partial charge on any atom is 0.334 e. The molecule has 5 heteroatoms. The predicted octanol–water partition coefficient (Wildman–Crippen LogP) is 1.65. The highest BCUT2D eigenvalue weighted by atomic mass is 127. The molecule has 3 atom stereocenters. The van der Waals surface area contributed by atoms with Gasteiger partial charge in [0.05, 0.1) is 12.7 Å². The fourth-order valence-electron chi connectivity index (χ4n) is 2.00. The second-order valence-electron chi connectivity index (χ2n) is 3.89. The van der Waals surface area contributed by atoms with Crippen LogP contribution in [0.1, 0.15) is 19.8 Å². The maximum absolute atomic E-state index is 11.7. The van der Waals surface area contributed by atoms with Crippen molar-refractivity contribution in [1.82, 2.24) is 0 Å². The summed E-state index contributed by atoms with van der Waals surface area (Å²) in [5.41, 5.74) is 1.23. The van der Waals surface area contributed by atoms with E-state index in [0.717, 1.165) is 12.8 Å². The zero-order valence-corrected chi connectivity index (χ0v) is 11.9. The van der Waals surface area contributed by atoms with E-state index >= 15 is 0 Å². The largest absolute Gasteiger partial charge is 0.466 e. The van der Waals surface area contributed by atoms with Crippen LogP contribution >= 0.6 is 22.6 Å². The summed E-state index contributed by atoms with van der Waals surface area (Å²) in [5, 5.41) is 9.79. The third-order valence-electron chi connectivity index (χ3n) is 2.90. The van der Waals surface area contributed by atoms with Crippen LogP contribution < -0.4 is 0 Å². The standard InChI is InChI=1S/C11H17IO4/c1-6-4-5-7(12)9(11(14)16-3)8(6)10(13)15-2/h6-7,10,13H,4-5H2,1-3H3. The number of esters is 1. The SMILES string of the molecule is COC(=O)C1=C(C(O)OC)C(C)CCC1I. The van der Waals surface area contributed by atoms with Gasteiger partial charge in [-0.05, 0) is 24.3 Å². The summed E-state index contributed by atoms with van der Waals surface area (Å²) < 4.78 is 9.77. The second-order valence-corrected chi connectivity index (χ2v) is 5.40. The van der Waals surface area contributed by atoms with Gasteiger partial charge >= 0.3 is 5.97 Å². The molecule has 0 aliphatic heterocycles. The van der Waals surface area contributed by atoms with E-state index in [0.29, 0.717) is 11.1 Å². The van der Waals surface area contributed by atoms with Gasteiger partial charge in [0.1, 0.15) is 0 Å². The third kappa shape index (κ3) is 2.75. The fraction of sp³-hybridized carbons (Fsp3) is 0.727. The average molecular weight is 340 g/mol. The van der Waals surface area contributed by atoms with E-state index in [1.54, 1.807) is 0 Å². The van der Waals surface area contributed by atoms with Crippen LogP contribution in [-0.2, 0) is 14.3 Å². The van der Waals surface area contributed by atoms with E-state index in [4.69, 9.17) is 9.47 Å². The summed E-state index contributed by atoms with van der Waals surface area (Å²) in [6, 6.07) is 0. The van der Waals surface area contributed by atoms with Crippen LogP contribution in [0.3, 0.4) is 0 Å². The molecule has 0 amide bonds. The van der Waals surface area contributed by atoms with Crippen LogP contribution in [0.15, 0.2) is 11.1 Å². The predicted molar refractivity (Wildman–Crippen MR) is 68.3 cm³/mol. The van der Waals surface area contributed by atoms with Crippen LogP contribution in [0.5, 0.6) is 0 Å². The van der Waals surface area contributed by atoms with Gasteiger partial charge in [0, 0.05) is 11.0 Å². The van der Waals surface area contributed by atoms with Crippen LogP contribution in [0.2, 0.25) is 0 Å². The number of halogens is 1. The van der Waals surface area contributed by atoms with E-state index in [1.165, 1.54) is 14.2 Å². The molecule has 1 rings (SSSR count). The Morgan fingerprint density at radius 2 is 2.12 bits per heavy atom. The number of hydrogen-bond acceptors (Lipinski definition) is 4. The van der Waals surface area contributed by atoms with Crippen molar-refractivity contribution in [2.45, 2.75) is 30.0 Å². The minimum atomic E-state index is -1.01. The Labute approximate surface area is 109 Å². The summed E-state index contributed by atoms with van der Waals surface area (Å²) in [6.07, 6.45) is 0.859. The van der Waals surface area contributed by atoms with E-state index in [1.807, 2.05) is 6.92 Å². The first-order valence-corrected chi connectivity index (χ1v) is 6.44. The molecule has 0 heterocycles. The number of rotatable bonds is 3. The molecular weight excluding hydrogens is 323 g/mol. The van der Waals surface area contributed by atoms with Gasteiger partial charge in [-0.2, -0.15) is 0 Å². The zero-order valence-electron chi connectivity index (χ0n) is 9.70. The summed E-state index contributed by atoms with van der Waals surface area (Å²) in [4.78, 5) is 11.7. The molecular formula is C11H17IO4. The number of ether oxygens (including phenoxy) is 2. The highest BCUT2D eigenvalue weighted by Crippen LogP contribution is 2.36. The van der Waals surface area contributed by atoms with Crippen molar-refractivity contribution in [1.29, 1.82) is 0 Å². The molecule has 0 radical (unpaired) electrons. The molecule has 0 saturated heterocycles. The van der Waals surface area contributed by atoms with E-state index in [9.17, 15) is 9.90 Å². The van der Waals surface area contributed by atoms with E-state index in [2.05, 4.69) is 22.6 Å². The minimum absolute atomic E-state index is 0.0843. The van der Waals surface area contributed by atoms with E-state index in [-0.39, 0.29) is 15.8 Å². The van der Waals surface area contributed by atoms with Gasteiger partial charge in [-0.3, -0.25) is 0 Å². The normalized spacial score (nSPS) is 27.8. The van der Waals surface area contributed by atoms with Crippen LogP contribution in [0, 0.1) is 5.92 Å². The molecule has 0 aromatic carbocycles. The highest BCUT2D eigenvalue weighted by molar-refractivity contribution is 14.1. The lowest BCUT2D eigenvalue weighted by molar-refractivity contribution is -0.137. The van der Waals surface area contributed by atoms with Crippen LogP contribution in [0.25, 0.3) is 0 Å². The fourth-order valence-corrected chi connectivity index (χ4v) is 2.97. The molecule has 0 saturated carbocycles. The maximum atomic E-state index is 11.7. The summed E-state index contributed by atoms with van der Waals surface area (Å²) in [5.74, 6) is -0.216. The number of aliphatic hydroxyl groups is 1. The number of aliphatic hydroxyl groups excluding tert-OH is 1. The van der Waals surface area contributed by atoms with Crippen LogP contribution in [-0.4, -0.2) is 35.5 Å². The monoisotopic (exact) mass is 340 g/mol. The van der Waals surface area contributed by atoms with Crippen molar-refractivity contribution < 1.29 is 19.4 Å². The van der Waals surface area contributed by atoms with Crippen molar-refractivity contribution in [2.75, 3.05) is 14.2 Å². The molecule has 92 valence electrons. The van der Waals surface area contributed by atoms with E-state index < -0.39 is 6.29 Å². The smallest absolute Gasteiger partial charge is 0.334 e. The molecule has 1 aliphatic carbocycles. The molecule has 0 aromatic rings. The molecule has 1 N–H and O–H groups in total. The number of hydrogen-bond donors (Lipinski definition) is 1. The Kier molecular flexibility index (Phi) is 5.20. The molecule has 1 aliphatic rings. The average Bonchev–Trinajstić information content (AvgIpc) is 2.29. The summed E-state index contributed by atoms with van der Waals surface area (Å²) in [7, 11) is 2.78. The van der Waals surface area contributed by atoms with Gasteiger partial charge in [0.2, 0.25) is 0 Å². The first kappa shape index (κ1) is 13.9. The Hall–Kier alpha value is -0.140. The number of methoxy groups -OCH3 is 2. The lowest BCUT2D eigenvalue weighted by Crippen LogP contribution is -2.31. The Balaban J connectivity index is 3.17. The lowest BCUT2D eigenvalue weighted by Gasteiger charge is -2.30. The van der Waals surface area contributed by atoms with Gasteiger partial charge in [-0.15, -0.1) is 0 Å². The molecule has 0 fully saturated rings. The van der Waals surface area contributed by atoms with Crippen molar-refractivity contribution in [3.8, 4) is 0 Å². The third-order valence-corrected chi connectivity index (χ3v) is 4.15.